The number of alkyl halides is 1. The third-order valence-corrected chi connectivity index (χ3v) is 3.57. The van der Waals surface area contributed by atoms with E-state index in [9.17, 15) is 9.18 Å². The van der Waals surface area contributed by atoms with Gasteiger partial charge in [-0.15, -0.1) is 0 Å². The number of benzene rings is 1. The summed E-state index contributed by atoms with van der Waals surface area (Å²) in [5.41, 5.74) is 1.03. The Bertz CT molecular complexity index is 410. The Hall–Kier alpha value is -1.58. The highest BCUT2D eigenvalue weighted by Gasteiger charge is 2.47. The van der Waals surface area contributed by atoms with Crippen LogP contribution in [0, 0.1) is 0 Å². The van der Waals surface area contributed by atoms with Crippen LogP contribution in [0.5, 0.6) is 0 Å². The van der Waals surface area contributed by atoms with E-state index in [0.29, 0.717) is 13.0 Å². The van der Waals surface area contributed by atoms with Crippen LogP contribution in [-0.4, -0.2) is 34.9 Å². The highest BCUT2D eigenvalue weighted by atomic mass is 19.1. The molecule has 3 nitrogen and oxygen atoms in total. The average molecular weight is 251 g/mol. The first-order valence-electron chi connectivity index (χ1n) is 6.33. The number of carbonyl (C=O) groups is 1. The van der Waals surface area contributed by atoms with Gasteiger partial charge in [0.1, 0.15) is 6.17 Å². The topological polar surface area (TPSA) is 40.5 Å². The molecule has 0 radical (unpaired) electrons. The van der Waals surface area contributed by atoms with Crippen LogP contribution in [0.3, 0.4) is 0 Å². The molecule has 3 unspecified atom stereocenters. The molecule has 1 aliphatic rings. The minimum atomic E-state index is -1.08. The molecular formula is C14H18FNO2. The zero-order chi connectivity index (χ0) is 13.1. The molecule has 0 bridgehead atoms. The monoisotopic (exact) mass is 251 g/mol. The summed E-state index contributed by atoms with van der Waals surface area (Å²) in [6.45, 7) is 2.31. The Kier molecular flexibility index (Phi) is 3.84. The fourth-order valence-electron chi connectivity index (χ4n) is 2.62. The van der Waals surface area contributed by atoms with Gasteiger partial charge in [0.05, 0.1) is 6.04 Å². The fraction of sp³-hybridized carbons (Fsp3) is 0.500. The molecule has 0 saturated carbocycles. The van der Waals surface area contributed by atoms with Gasteiger partial charge in [-0.2, -0.15) is 0 Å². The summed E-state index contributed by atoms with van der Waals surface area (Å²) in [5.74, 6) is -0.0103. The highest BCUT2D eigenvalue weighted by molar-refractivity contribution is 5.67. The maximum atomic E-state index is 14.1. The molecule has 2 rings (SSSR count). The number of rotatable bonds is 4. The molecule has 1 saturated heterocycles. The lowest BCUT2D eigenvalue weighted by atomic mass is 9.79. The van der Waals surface area contributed by atoms with Gasteiger partial charge in [-0.3, -0.25) is 0 Å². The second-order valence-electron chi connectivity index (χ2n) is 4.75. The molecular weight excluding hydrogens is 233 g/mol. The lowest BCUT2D eigenvalue weighted by Gasteiger charge is -2.48. The Labute approximate surface area is 106 Å². The zero-order valence-corrected chi connectivity index (χ0v) is 10.4. The van der Waals surface area contributed by atoms with Gasteiger partial charge < -0.3 is 10.0 Å². The van der Waals surface area contributed by atoms with Crippen LogP contribution in [0.15, 0.2) is 30.3 Å². The number of halogens is 1. The van der Waals surface area contributed by atoms with Gasteiger partial charge in [-0.05, 0) is 12.0 Å². The van der Waals surface area contributed by atoms with Crippen molar-refractivity contribution in [3.63, 3.8) is 0 Å². The Morgan fingerprint density at radius 3 is 2.72 bits per heavy atom. The van der Waals surface area contributed by atoms with Gasteiger partial charge in [0.2, 0.25) is 0 Å². The molecule has 3 atom stereocenters. The third-order valence-electron chi connectivity index (χ3n) is 3.57. The molecule has 1 heterocycles. The standard InChI is InChI=1S/C14H18FNO2/c1-2-6-12(15)13-11(9-16(13)14(17)18)10-7-4-3-5-8-10/h3-5,7-8,11-13H,2,6,9H2,1H3,(H,17,18). The van der Waals surface area contributed by atoms with Crippen molar-refractivity contribution in [1.29, 1.82) is 0 Å². The minimum absolute atomic E-state index is 0.0103. The SMILES string of the molecule is CCCC(F)C1C(c2ccccc2)CN1C(=O)O. The largest absolute Gasteiger partial charge is 0.465 e. The maximum Gasteiger partial charge on any atom is 0.407 e. The van der Waals surface area contributed by atoms with Crippen LogP contribution in [0.1, 0.15) is 31.2 Å². The molecule has 1 aromatic carbocycles. The summed E-state index contributed by atoms with van der Waals surface area (Å²) in [4.78, 5) is 12.3. The Balaban J connectivity index is 2.15. The molecule has 0 aliphatic carbocycles. The van der Waals surface area contributed by atoms with E-state index in [2.05, 4.69) is 0 Å². The van der Waals surface area contributed by atoms with Crippen molar-refractivity contribution in [2.24, 2.45) is 0 Å². The van der Waals surface area contributed by atoms with Crippen molar-refractivity contribution in [3.8, 4) is 0 Å². The first-order valence-corrected chi connectivity index (χ1v) is 6.33. The second kappa shape index (κ2) is 5.38. The molecule has 98 valence electrons. The summed E-state index contributed by atoms with van der Waals surface area (Å²) >= 11 is 0. The van der Waals surface area contributed by atoms with Crippen molar-refractivity contribution in [2.75, 3.05) is 6.54 Å². The second-order valence-corrected chi connectivity index (χ2v) is 4.75. The number of likely N-dealkylation sites (tertiary alicyclic amines) is 1. The van der Waals surface area contributed by atoms with Crippen molar-refractivity contribution < 1.29 is 14.3 Å². The molecule has 1 amide bonds. The Morgan fingerprint density at radius 2 is 2.17 bits per heavy atom. The van der Waals surface area contributed by atoms with Gasteiger partial charge in [0, 0.05) is 12.5 Å². The van der Waals surface area contributed by atoms with E-state index in [0.717, 1.165) is 12.0 Å². The van der Waals surface area contributed by atoms with Crippen molar-refractivity contribution in [3.05, 3.63) is 35.9 Å². The van der Waals surface area contributed by atoms with Crippen LogP contribution >= 0.6 is 0 Å². The van der Waals surface area contributed by atoms with E-state index < -0.39 is 18.3 Å². The first-order chi connectivity index (χ1) is 8.65. The van der Waals surface area contributed by atoms with Crippen LogP contribution in [-0.2, 0) is 0 Å². The molecule has 4 heteroatoms. The van der Waals surface area contributed by atoms with Gasteiger partial charge in [0.25, 0.3) is 0 Å². The summed E-state index contributed by atoms with van der Waals surface area (Å²) in [7, 11) is 0. The van der Waals surface area contributed by atoms with Crippen LogP contribution < -0.4 is 0 Å². The van der Waals surface area contributed by atoms with Crippen molar-refractivity contribution >= 4 is 6.09 Å². The number of carboxylic acid groups (broad SMARTS) is 1. The maximum absolute atomic E-state index is 14.1. The molecule has 18 heavy (non-hydrogen) atoms. The van der Waals surface area contributed by atoms with E-state index in [1.54, 1.807) is 0 Å². The van der Waals surface area contributed by atoms with Gasteiger partial charge in [0.15, 0.2) is 0 Å². The normalized spacial score (nSPS) is 24.4. The quantitative estimate of drug-likeness (QED) is 0.892. The zero-order valence-electron chi connectivity index (χ0n) is 10.4. The van der Waals surface area contributed by atoms with Gasteiger partial charge in [-0.25, -0.2) is 9.18 Å². The first kappa shape index (κ1) is 12.9. The number of amides is 1. The number of nitrogens with zero attached hydrogens (tertiary/aromatic N) is 1. The molecule has 1 aliphatic heterocycles. The lowest BCUT2D eigenvalue weighted by molar-refractivity contribution is 0.00846. The van der Waals surface area contributed by atoms with Crippen LogP contribution in [0.2, 0.25) is 0 Å². The summed E-state index contributed by atoms with van der Waals surface area (Å²) in [6.07, 6.45) is -0.958. The van der Waals surface area contributed by atoms with Crippen molar-refractivity contribution in [2.45, 2.75) is 37.9 Å². The molecule has 1 fully saturated rings. The predicted molar refractivity (Wildman–Crippen MR) is 67.5 cm³/mol. The smallest absolute Gasteiger partial charge is 0.407 e. The van der Waals surface area contributed by atoms with Gasteiger partial charge in [-0.1, -0.05) is 43.7 Å². The predicted octanol–water partition coefficient (Wildman–Crippen LogP) is 3.27. The third kappa shape index (κ3) is 2.33. The molecule has 0 spiro atoms. The minimum Gasteiger partial charge on any atom is -0.465 e. The lowest BCUT2D eigenvalue weighted by Crippen LogP contribution is -2.60. The summed E-state index contributed by atoms with van der Waals surface area (Å²) in [6, 6.07) is 9.08. The van der Waals surface area contributed by atoms with Crippen LogP contribution in [0.4, 0.5) is 9.18 Å². The van der Waals surface area contributed by atoms with Crippen LogP contribution in [0.25, 0.3) is 0 Å². The molecule has 1 aromatic rings. The highest BCUT2D eigenvalue weighted by Crippen LogP contribution is 2.38. The van der Waals surface area contributed by atoms with E-state index in [-0.39, 0.29) is 5.92 Å². The average Bonchev–Trinajstić information content (AvgIpc) is 2.28. The van der Waals surface area contributed by atoms with E-state index in [1.165, 1.54) is 4.90 Å². The van der Waals surface area contributed by atoms with E-state index >= 15 is 0 Å². The molecule has 1 N–H and O–H groups in total. The van der Waals surface area contributed by atoms with E-state index in [1.807, 2.05) is 37.3 Å². The van der Waals surface area contributed by atoms with E-state index in [4.69, 9.17) is 5.11 Å². The summed E-state index contributed by atoms with van der Waals surface area (Å²) < 4.78 is 14.1. The summed E-state index contributed by atoms with van der Waals surface area (Å²) in [5, 5.41) is 9.04. The van der Waals surface area contributed by atoms with Gasteiger partial charge >= 0.3 is 6.09 Å². The Morgan fingerprint density at radius 1 is 1.50 bits per heavy atom. The fourth-order valence-corrected chi connectivity index (χ4v) is 2.62. The number of hydrogen-bond donors (Lipinski definition) is 1. The number of hydrogen-bond acceptors (Lipinski definition) is 1. The molecule has 0 aromatic heterocycles. The van der Waals surface area contributed by atoms with Crippen molar-refractivity contribution in [1.82, 2.24) is 4.90 Å².